The van der Waals surface area contributed by atoms with Gasteiger partial charge in [0.1, 0.15) is 0 Å². The predicted octanol–water partition coefficient (Wildman–Crippen LogP) is 4.54. The molecule has 0 bridgehead atoms. The number of allylic oxidation sites excluding steroid dienone is 2. The molecular formula is C16H22O. The zero-order valence-corrected chi connectivity index (χ0v) is 11.8. The van der Waals surface area contributed by atoms with Crippen molar-refractivity contribution in [2.75, 3.05) is 0 Å². The van der Waals surface area contributed by atoms with Crippen LogP contribution in [0.15, 0.2) is 23.3 Å². The molecule has 1 rings (SSSR count). The zero-order chi connectivity index (χ0) is 13.2. The Kier molecular flexibility index (Phi) is 4.28. The maximum absolute atomic E-state index is 12.4. The molecule has 0 unspecified atom stereocenters. The van der Waals surface area contributed by atoms with Gasteiger partial charge in [-0.1, -0.05) is 18.6 Å². The van der Waals surface area contributed by atoms with E-state index < -0.39 is 0 Å². The Balaban J connectivity index is 3.27. The zero-order valence-electron chi connectivity index (χ0n) is 11.8. The number of carbonyl (C=O) groups excluding carboxylic acids is 1. The number of hydrogen-bond donors (Lipinski definition) is 0. The molecule has 17 heavy (non-hydrogen) atoms. The van der Waals surface area contributed by atoms with Crippen molar-refractivity contribution >= 4 is 5.78 Å². The number of rotatable bonds is 3. The minimum atomic E-state index is 0.171. The molecule has 0 fully saturated rings. The van der Waals surface area contributed by atoms with E-state index in [9.17, 15) is 4.79 Å². The Bertz CT molecular complexity index is 479. The van der Waals surface area contributed by atoms with E-state index in [1.165, 1.54) is 16.7 Å². The Morgan fingerprint density at radius 3 is 2.06 bits per heavy atom. The van der Waals surface area contributed by atoms with Gasteiger partial charge in [0.15, 0.2) is 5.78 Å². The molecule has 0 radical (unpaired) electrons. The largest absolute Gasteiger partial charge is 0.289 e. The number of hydrogen-bond acceptors (Lipinski definition) is 1. The lowest BCUT2D eigenvalue weighted by Crippen LogP contribution is -2.06. The molecule has 1 heteroatoms. The summed E-state index contributed by atoms with van der Waals surface area (Å²) in [7, 11) is 0. The van der Waals surface area contributed by atoms with E-state index in [0.717, 1.165) is 23.1 Å². The summed E-state index contributed by atoms with van der Waals surface area (Å²) in [5.74, 6) is 0.171. The molecule has 0 heterocycles. The molecule has 0 saturated heterocycles. The summed E-state index contributed by atoms with van der Waals surface area (Å²) in [5.41, 5.74) is 6.40. The summed E-state index contributed by atoms with van der Waals surface area (Å²) < 4.78 is 0. The van der Waals surface area contributed by atoms with E-state index >= 15 is 0 Å². The second kappa shape index (κ2) is 5.31. The average molecular weight is 230 g/mol. The van der Waals surface area contributed by atoms with Crippen LogP contribution < -0.4 is 0 Å². The van der Waals surface area contributed by atoms with E-state index in [1.54, 1.807) is 0 Å². The molecule has 92 valence electrons. The van der Waals surface area contributed by atoms with Crippen LogP contribution in [0.2, 0.25) is 0 Å². The van der Waals surface area contributed by atoms with Crippen molar-refractivity contribution in [1.82, 2.24) is 0 Å². The number of carbonyl (C=O) groups is 1. The van der Waals surface area contributed by atoms with Gasteiger partial charge in [-0.15, -0.1) is 0 Å². The number of ketones is 1. The topological polar surface area (TPSA) is 17.1 Å². The standard InChI is InChI=1S/C16H22O/c1-7-10(2)14(6)16(17)15-9-12(4)11(3)8-13(15)5/h8-9H,7H2,1-6H3/b14-10+. The first-order valence-electron chi connectivity index (χ1n) is 6.17. The first-order chi connectivity index (χ1) is 7.88. The van der Waals surface area contributed by atoms with Gasteiger partial charge in [0.05, 0.1) is 0 Å². The maximum Gasteiger partial charge on any atom is 0.188 e. The third kappa shape index (κ3) is 2.85. The fourth-order valence-corrected chi connectivity index (χ4v) is 1.87. The van der Waals surface area contributed by atoms with Crippen LogP contribution in [-0.4, -0.2) is 5.78 Å². The summed E-state index contributed by atoms with van der Waals surface area (Å²) in [6.45, 7) is 12.2. The van der Waals surface area contributed by atoms with Gasteiger partial charge in [-0.05, 0) is 69.4 Å². The second-order valence-corrected chi connectivity index (χ2v) is 4.84. The molecule has 0 aliphatic heterocycles. The highest BCUT2D eigenvalue weighted by molar-refractivity contribution is 6.09. The predicted molar refractivity (Wildman–Crippen MR) is 73.6 cm³/mol. The van der Waals surface area contributed by atoms with Gasteiger partial charge in [0.2, 0.25) is 0 Å². The summed E-state index contributed by atoms with van der Waals surface area (Å²) in [4.78, 5) is 12.4. The van der Waals surface area contributed by atoms with Crippen LogP contribution in [0.1, 0.15) is 54.2 Å². The molecule has 0 aliphatic carbocycles. The molecule has 1 aromatic carbocycles. The first kappa shape index (κ1) is 13.7. The van der Waals surface area contributed by atoms with E-state index in [-0.39, 0.29) is 5.78 Å². The molecule has 1 nitrogen and oxygen atoms in total. The van der Waals surface area contributed by atoms with Crippen LogP contribution in [0.4, 0.5) is 0 Å². The molecule has 0 saturated carbocycles. The van der Waals surface area contributed by atoms with Crippen LogP contribution in [0, 0.1) is 20.8 Å². The molecule has 0 amide bonds. The van der Waals surface area contributed by atoms with Crippen LogP contribution in [-0.2, 0) is 0 Å². The molecule has 0 spiro atoms. The molecule has 0 aliphatic rings. The molecule has 0 atom stereocenters. The molecule has 0 aromatic heterocycles. The van der Waals surface area contributed by atoms with Gasteiger partial charge < -0.3 is 0 Å². The minimum Gasteiger partial charge on any atom is -0.289 e. The van der Waals surface area contributed by atoms with Gasteiger partial charge in [-0.3, -0.25) is 4.79 Å². The van der Waals surface area contributed by atoms with Crippen LogP contribution in [0.5, 0.6) is 0 Å². The average Bonchev–Trinajstić information content (AvgIpc) is 2.31. The highest BCUT2D eigenvalue weighted by Gasteiger charge is 2.13. The van der Waals surface area contributed by atoms with Crippen molar-refractivity contribution in [3.05, 3.63) is 45.5 Å². The van der Waals surface area contributed by atoms with Crippen molar-refractivity contribution in [3.8, 4) is 0 Å². The first-order valence-corrected chi connectivity index (χ1v) is 6.17. The number of benzene rings is 1. The van der Waals surface area contributed by atoms with Crippen molar-refractivity contribution in [2.24, 2.45) is 0 Å². The fourth-order valence-electron chi connectivity index (χ4n) is 1.87. The monoisotopic (exact) mass is 230 g/mol. The SMILES string of the molecule is CC/C(C)=C(\C)C(=O)c1cc(C)c(C)cc1C. The Morgan fingerprint density at radius 2 is 1.53 bits per heavy atom. The fraction of sp³-hybridized carbons (Fsp3) is 0.438. The lowest BCUT2D eigenvalue weighted by molar-refractivity contribution is 0.103. The van der Waals surface area contributed by atoms with Crippen LogP contribution in [0.3, 0.4) is 0 Å². The third-order valence-electron chi connectivity index (χ3n) is 3.60. The van der Waals surface area contributed by atoms with Crippen LogP contribution >= 0.6 is 0 Å². The summed E-state index contributed by atoms with van der Waals surface area (Å²) in [6.07, 6.45) is 0.932. The van der Waals surface area contributed by atoms with Crippen molar-refractivity contribution in [3.63, 3.8) is 0 Å². The van der Waals surface area contributed by atoms with Crippen molar-refractivity contribution in [1.29, 1.82) is 0 Å². The number of aryl methyl sites for hydroxylation is 3. The maximum atomic E-state index is 12.4. The third-order valence-corrected chi connectivity index (χ3v) is 3.60. The highest BCUT2D eigenvalue weighted by atomic mass is 16.1. The van der Waals surface area contributed by atoms with E-state index in [4.69, 9.17) is 0 Å². The molecule has 1 aromatic rings. The Labute approximate surface area is 105 Å². The van der Waals surface area contributed by atoms with Crippen LogP contribution in [0.25, 0.3) is 0 Å². The van der Waals surface area contributed by atoms with E-state index in [2.05, 4.69) is 26.8 Å². The summed E-state index contributed by atoms with van der Waals surface area (Å²) >= 11 is 0. The second-order valence-electron chi connectivity index (χ2n) is 4.84. The summed E-state index contributed by atoms with van der Waals surface area (Å²) in [6, 6.07) is 4.11. The van der Waals surface area contributed by atoms with Crippen molar-refractivity contribution < 1.29 is 4.79 Å². The van der Waals surface area contributed by atoms with E-state index in [1.807, 2.05) is 26.8 Å². The lowest BCUT2D eigenvalue weighted by Gasteiger charge is -2.11. The van der Waals surface area contributed by atoms with Gasteiger partial charge in [-0.2, -0.15) is 0 Å². The van der Waals surface area contributed by atoms with Gasteiger partial charge in [0.25, 0.3) is 0 Å². The minimum absolute atomic E-state index is 0.171. The Morgan fingerprint density at radius 1 is 1.00 bits per heavy atom. The van der Waals surface area contributed by atoms with Gasteiger partial charge in [0, 0.05) is 5.56 Å². The van der Waals surface area contributed by atoms with E-state index in [0.29, 0.717) is 0 Å². The normalized spacial score (nSPS) is 12.4. The van der Waals surface area contributed by atoms with Gasteiger partial charge in [-0.25, -0.2) is 0 Å². The van der Waals surface area contributed by atoms with Gasteiger partial charge >= 0.3 is 0 Å². The highest BCUT2D eigenvalue weighted by Crippen LogP contribution is 2.20. The number of Topliss-reactive ketones (excluding diaryl/α,β-unsaturated/α-hetero) is 1. The quantitative estimate of drug-likeness (QED) is 0.550. The summed E-state index contributed by atoms with van der Waals surface area (Å²) in [5, 5.41) is 0. The smallest absolute Gasteiger partial charge is 0.188 e. The lowest BCUT2D eigenvalue weighted by atomic mass is 9.93. The molecule has 0 N–H and O–H groups in total. The van der Waals surface area contributed by atoms with Crippen molar-refractivity contribution in [2.45, 2.75) is 48.0 Å². The molecular weight excluding hydrogens is 208 g/mol. The Hall–Kier alpha value is -1.37.